The predicted molar refractivity (Wildman–Crippen MR) is 87.7 cm³/mol. The molecular weight excluding hydrogens is 304 g/mol. The number of hydrogen-bond donors (Lipinski definition) is 0. The second-order valence-electron chi connectivity index (χ2n) is 7.17. The van der Waals surface area contributed by atoms with Gasteiger partial charge in [0, 0.05) is 17.9 Å². The summed E-state index contributed by atoms with van der Waals surface area (Å²) in [6.45, 7) is 7.38. The summed E-state index contributed by atoms with van der Waals surface area (Å²) >= 11 is 0. The van der Waals surface area contributed by atoms with Crippen LogP contribution in [0.2, 0.25) is 0 Å². The smallest absolute Gasteiger partial charge is 0.234 e. The van der Waals surface area contributed by atoms with Crippen LogP contribution >= 0.6 is 0 Å². The Kier molecular flexibility index (Phi) is 2.85. The predicted octanol–water partition coefficient (Wildman–Crippen LogP) is 2.13. The van der Waals surface area contributed by atoms with Gasteiger partial charge in [0.15, 0.2) is 5.65 Å². The van der Waals surface area contributed by atoms with Crippen molar-refractivity contribution >= 4 is 5.65 Å². The topological polar surface area (TPSA) is 72.3 Å². The van der Waals surface area contributed by atoms with Crippen molar-refractivity contribution in [1.82, 2.24) is 29.6 Å². The first kappa shape index (κ1) is 14.1. The van der Waals surface area contributed by atoms with Crippen molar-refractivity contribution < 1.29 is 4.52 Å². The third-order valence-corrected chi connectivity index (χ3v) is 5.46. The fraction of sp³-hybridized carbons (Fsp3) is 0.529. The van der Waals surface area contributed by atoms with Crippen molar-refractivity contribution in [3.63, 3.8) is 0 Å². The van der Waals surface area contributed by atoms with Crippen molar-refractivity contribution in [2.24, 2.45) is 0 Å². The maximum absolute atomic E-state index is 5.71. The molecule has 2 bridgehead atoms. The monoisotopic (exact) mass is 324 g/mol. The van der Waals surface area contributed by atoms with E-state index in [0.29, 0.717) is 5.82 Å². The van der Waals surface area contributed by atoms with Crippen molar-refractivity contribution in [1.29, 1.82) is 0 Å². The largest absolute Gasteiger partial charge is 0.338 e. The fourth-order valence-corrected chi connectivity index (χ4v) is 4.25. The van der Waals surface area contributed by atoms with Crippen molar-refractivity contribution in [2.75, 3.05) is 19.6 Å². The molecule has 2 fully saturated rings. The highest BCUT2D eigenvalue weighted by Crippen LogP contribution is 2.41. The summed E-state index contributed by atoms with van der Waals surface area (Å²) < 4.78 is 7.53. The summed E-state index contributed by atoms with van der Waals surface area (Å²) in [5, 5.41) is 8.68. The van der Waals surface area contributed by atoms with E-state index in [2.05, 4.69) is 20.1 Å². The quantitative estimate of drug-likeness (QED) is 0.719. The van der Waals surface area contributed by atoms with Crippen LogP contribution in [0.25, 0.3) is 17.0 Å². The van der Waals surface area contributed by atoms with Crippen LogP contribution in [0.3, 0.4) is 0 Å². The molecule has 7 nitrogen and oxygen atoms in total. The number of aryl methyl sites for hydroxylation is 2. The van der Waals surface area contributed by atoms with Crippen LogP contribution in [0.4, 0.5) is 0 Å². The summed E-state index contributed by atoms with van der Waals surface area (Å²) in [6.07, 6.45) is 5.23. The Bertz CT molecular complexity index is 924. The molecule has 2 unspecified atom stereocenters. The van der Waals surface area contributed by atoms with E-state index in [1.807, 2.05) is 24.4 Å². The van der Waals surface area contributed by atoms with Gasteiger partial charge in [-0.25, -0.2) is 9.50 Å². The Hall–Kier alpha value is -2.28. The Morgan fingerprint density at radius 3 is 3.00 bits per heavy atom. The first-order valence-electron chi connectivity index (χ1n) is 8.54. The zero-order valence-electron chi connectivity index (χ0n) is 14.0. The summed E-state index contributed by atoms with van der Waals surface area (Å²) in [4.78, 5) is 11.9. The van der Waals surface area contributed by atoms with E-state index in [9.17, 15) is 0 Å². The van der Waals surface area contributed by atoms with Crippen LogP contribution in [-0.2, 0) is 5.41 Å². The molecule has 2 aliphatic rings. The lowest BCUT2D eigenvalue weighted by Gasteiger charge is -2.30. The van der Waals surface area contributed by atoms with E-state index in [4.69, 9.17) is 9.51 Å². The van der Waals surface area contributed by atoms with Crippen molar-refractivity contribution in [3.8, 4) is 11.4 Å². The van der Waals surface area contributed by atoms with Gasteiger partial charge >= 0.3 is 0 Å². The molecule has 3 aromatic heterocycles. The van der Waals surface area contributed by atoms with Crippen molar-refractivity contribution in [3.05, 3.63) is 29.5 Å². The molecule has 3 aromatic rings. The van der Waals surface area contributed by atoms with Gasteiger partial charge in [0.2, 0.25) is 11.7 Å². The van der Waals surface area contributed by atoms with Gasteiger partial charge in [0.05, 0.1) is 17.2 Å². The van der Waals surface area contributed by atoms with Crippen molar-refractivity contribution in [2.45, 2.75) is 38.5 Å². The second-order valence-corrected chi connectivity index (χ2v) is 7.17. The van der Waals surface area contributed by atoms with E-state index in [-0.39, 0.29) is 5.41 Å². The van der Waals surface area contributed by atoms with Gasteiger partial charge in [0.1, 0.15) is 0 Å². The van der Waals surface area contributed by atoms with E-state index in [0.717, 1.165) is 54.4 Å². The Balaban J connectivity index is 1.59. The zero-order valence-corrected chi connectivity index (χ0v) is 14.0. The summed E-state index contributed by atoms with van der Waals surface area (Å²) in [5.74, 6) is 1.37. The molecule has 24 heavy (non-hydrogen) atoms. The van der Waals surface area contributed by atoms with Crippen LogP contribution in [0.15, 0.2) is 16.8 Å². The molecule has 2 atom stereocenters. The molecule has 0 N–H and O–H groups in total. The first-order valence-corrected chi connectivity index (χ1v) is 8.54. The van der Waals surface area contributed by atoms with E-state index >= 15 is 0 Å². The lowest BCUT2D eigenvalue weighted by atomic mass is 9.81. The average molecular weight is 324 g/mol. The Morgan fingerprint density at radius 1 is 1.17 bits per heavy atom. The molecule has 0 amide bonds. The zero-order chi connectivity index (χ0) is 16.3. The van der Waals surface area contributed by atoms with E-state index in [1.54, 1.807) is 6.20 Å². The van der Waals surface area contributed by atoms with Gasteiger partial charge in [-0.15, -0.1) is 0 Å². The number of rotatable bonds is 2. The van der Waals surface area contributed by atoms with Crippen LogP contribution in [-0.4, -0.2) is 49.3 Å². The standard InChI is InChI=1S/C17H20N6O/c1-11-8-12(2)23-15(19-11)13(9-18-23)14-20-16(24-21-14)17-4-3-6-22(10-17)7-5-17/h8-9H,3-7,10H2,1-2H3. The summed E-state index contributed by atoms with van der Waals surface area (Å²) in [5.41, 5.74) is 3.67. The molecule has 5 rings (SSSR count). The van der Waals surface area contributed by atoms with Gasteiger partial charge in [-0.05, 0) is 52.3 Å². The van der Waals surface area contributed by atoms with Crippen LogP contribution in [0.5, 0.6) is 0 Å². The number of fused-ring (bicyclic) bond motifs is 3. The van der Waals surface area contributed by atoms with Gasteiger partial charge in [0.25, 0.3) is 0 Å². The number of piperidine rings is 1. The Labute approximate surface area is 139 Å². The highest BCUT2D eigenvalue weighted by Gasteiger charge is 2.46. The molecule has 2 saturated heterocycles. The molecule has 2 aliphatic heterocycles. The maximum Gasteiger partial charge on any atom is 0.234 e. The minimum atomic E-state index is 0.0474. The highest BCUT2D eigenvalue weighted by atomic mass is 16.5. The molecule has 0 saturated carbocycles. The van der Waals surface area contributed by atoms with Gasteiger partial charge in [-0.1, -0.05) is 5.16 Å². The lowest BCUT2D eigenvalue weighted by Crippen LogP contribution is -2.37. The molecule has 0 aliphatic carbocycles. The number of aromatic nitrogens is 5. The van der Waals surface area contributed by atoms with E-state index in [1.165, 1.54) is 13.0 Å². The third-order valence-electron chi connectivity index (χ3n) is 5.46. The van der Waals surface area contributed by atoms with Crippen LogP contribution in [0, 0.1) is 13.8 Å². The number of hydrogen-bond acceptors (Lipinski definition) is 6. The highest BCUT2D eigenvalue weighted by molar-refractivity contribution is 5.72. The fourth-order valence-electron chi connectivity index (χ4n) is 4.25. The normalized spacial score (nSPS) is 26.3. The summed E-state index contributed by atoms with van der Waals surface area (Å²) in [7, 11) is 0. The second kappa shape index (κ2) is 4.86. The molecular formula is C17H20N6O. The van der Waals surface area contributed by atoms with E-state index < -0.39 is 0 Å². The SMILES string of the molecule is Cc1cc(C)n2ncc(-c3noc(C45CCCN(CC4)C5)n3)c2n1. The van der Waals surface area contributed by atoms with Gasteiger partial charge < -0.3 is 9.42 Å². The Morgan fingerprint density at radius 2 is 2.08 bits per heavy atom. The maximum atomic E-state index is 5.71. The minimum Gasteiger partial charge on any atom is -0.338 e. The van der Waals surface area contributed by atoms with Gasteiger partial charge in [-0.2, -0.15) is 10.1 Å². The molecule has 124 valence electrons. The minimum absolute atomic E-state index is 0.0474. The third kappa shape index (κ3) is 1.94. The first-order chi connectivity index (χ1) is 11.6. The molecule has 5 heterocycles. The average Bonchev–Trinajstić information content (AvgIpc) is 3.25. The van der Waals surface area contributed by atoms with Crippen LogP contribution < -0.4 is 0 Å². The van der Waals surface area contributed by atoms with Crippen LogP contribution in [0.1, 0.15) is 36.5 Å². The molecule has 7 heteroatoms. The lowest BCUT2D eigenvalue weighted by molar-refractivity contribution is 0.201. The van der Waals surface area contributed by atoms with Gasteiger partial charge in [-0.3, -0.25) is 0 Å². The summed E-state index contributed by atoms with van der Waals surface area (Å²) in [6, 6.07) is 2.01. The molecule has 0 spiro atoms. The molecule has 0 aromatic carbocycles. The number of nitrogens with zero attached hydrogens (tertiary/aromatic N) is 6. The molecule has 0 radical (unpaired) electrons.